The van der Waals surface area contributed by atoms with E-state index in [1.807, 2.05) is 52.9 Å². The number of nitrogens with zero attached hydrogens (tertiary/aromatic N) is 1. The first-order valence-corrected chi connectivity index (χ1v) is 6.32. The summed E-state index contributed by atoms with van der Waals surface area (Å²) in [5, 5.41) is 0. The molecule has 1 heterocycles. The maximum absolute atomic E-state index is 11.8. The molecule has 0 atom stereocenters. The van der Waals surface area contributed by atoms with E-state index in [1.165, 1.54) is 11.7 Å². The smallest absolute Gasteiger partial charge is 0.331 e. The second kappa shape index (κ2) is 5.38. The van der Waals surface area contributed by atoms with Gasteiger partial charge in [0.1, 0.15) is 3.57 Å². The van der Waals surface area contributed by atoms with Crippen molar-refractivity contribution in [1.29, 1.82) is 0 Å². The number of halogens is 1. The molecule has 0 radical (unpaired) electrons. The molecule has 0 spiro atoms. The molecule has 0 amide bonds. The summed E-state index contributed by atoms with van der Waals surface area (Å²) in [7, 11) is 1.44. The Bertz CT molecular complexity index is 661. The van der Waals surface area contributed by atoms with E-state index in [1.54, 1.807) is 0 Å². The molecule has 1 N–H and O–H groups in total. The molecule has 1 aromatic heterocycles. The number of hydrogen-bond acceptors (Lipinski definition) is 3. The van der Waals surface area contributed by atoms with Crippen LogP contribution in [0.1, 0.15) is 5.56 Å². The van der Waals surface area contributed by atoms with Gasteiger partial charge in [0, 0.05) is 0 Å². The second-order valence-electron chi connectivity index (χ2n) is 3.65. The molecule has 0 aliphatic rings. The van der Waals surface area contributed by atoms with Crippen LogP contribution in [0.2, 0.25) is 0 Å². The number of hydrogen-bond donors (Lipinski definition) is 1. The summed E-state index contributed by atoms with van der Waals surface area (Å²) < 4.78 is 6.91. The normalized spacial score (nSPS) is 10.3. The van der Waals surface area contributed by atoms with Gasteiger partial charge in [-0.15, -0.1) is 0 Å². The number of methoxy groups -OCH3 is 1. The average molecular weight is 358 g/mol. The monoisotopic (exact) mass is 358 g/mol. The zero-order chi connectivity index (χ0) is 13.1. The van der Waals surface area contributed by atoms with Crippen molar-refractivity contribution in [3.05, 3.63) is 60.3 Å². The standard InChI is InChI=1S/C12H11IN2O3/c1-18-11-9(13)10(16)14-12(17)15(11)7-8-5-3-2-4-6-8/h2-6H,7H2,1H3,(H,14,16,17). The number of aromatic nitrogens is 2. The van der Waals surface area contributed by atoms with Gasteiger partial charge in [0.25, 0.3) is 5.56 Å². The molecular weight excluding hydrogens is 347 g/mol. The maximum atomic E-state index is 11.8. The predicted molar refractivity (Wildman–Crippen MR) is 76.1 cm³/mol. The van der Waals surface area contributed by atoms with Gasteiger partial charge in [-0.2, -0.15) is 0 Å². The topological polar surface area (TPSA) is 64.1 Å². The first-order chi connectivity index (χ1) is 8.63. The van der Waals surface area contributed by atoms with Crippen molar-refractivity contribution >= 4 is 22.6 Å². The third-order valence-electron chi connectivity index (χ3n) is 2.47. The fraction of sp³-hybridized carbons (Fsp3) is 0.167. The molecule has 0 unspecified atom stereocenters. The van der Waals surface area contributed by atoms with Gasteiger partial charge in [-0.3, -0.25) is 14.3 Å². The number of H-pyrrole nitrogens is 1. The third-order valence-corrected chi connectivity index (χ3v) is 3.43. The molecule has 94 valence electrons. The number of benzene rings is 1. The van der Waals surface area contributed by atoms with Crippen molar-refractivity contribution in [2.75, 3.05) is 7.11 Å². The van der Waals surface area contributed by atoms with Crippen LogP contribution in [0.3, 0.4) is 0 Å². The van der Waals surface area contributed by atoms with Crippen LogP contribution in [0.15, 0.2) is 39.9 Å². The van der Waals surface area contributed by atoms with Crippen molar-refractivity contribution < 1.29 is 4.74 Å². The van der Waals surface area contributed by atoms with Crippen LogP contribution < -0.4 is 16.0 Å². The first-order valence-electron chi connectivity index (χ1n) is 5.24. The molecule has 1 aromatic carbocycles. The van der Waals surface area contributed by atoms with Gasteiger partial charge in [0.05, 0.1) is 13.7 Å². The lowest BCUT2D eigenvalue weighted by Crippen LogP contribution is -2.33. The molecule has 0 bridgehead atoms. The van der Waals surface area contributed by atoms with Crippen molar-refractivity contribution in [2.24, 2.45) is 0 Å². The Kier molecular flexibility index (Phi) is 3.85. The lowest BCUT2D eigenvalue weighted by Gasteiger charge is -2.12. The minimum absolute atomic E-state index is 0.285. The van der Waals surface area contributed by atoms with Crippen LogP contribution >= 0.6 is 22.6 Å². The fourth-order valence-electron chi connectivity index (χ4n) is 1.64. The van der Waals surface area contributed by atoms with Gasteiger partial charge in [-0.05, 0) is 28.2 Å². The molecule has 0 aliphatic carbocycles. The van der Waals surface area contributed by atoms with Gasteiger partial charge < -0.3 is 4.74 Å². The van der Waals surface area contributed by atoms with E-state index < -0.39 is 11.2 Å². The Balaban J connectivity index is 2.54. The van der Waals surface area contributed by atoms with Gasteiger partial charge in [0.15, 0.2) is 0 Å². The van der Waals surface area contributed by atoms with Crippen LogP contribution in [0.4, 0.5) is 0 Å². The minimum Gasteiger partial charge on any atom is -0.481 e. The van der Waals surface area contributed by atoms with Crippen LogP contribution in [0.25, 0.3) is 0 Å². The van der Waals surface area contributed by atoms with E-state index in [9.17, 15) is 9.59 Å². The van der Waals surface area contributed by atoms with Crippen LogP contribution in [0, 0.1) is 3.57 Å². The van der Waals surface area contributed by atoms with Crippen molar-refractivity contribution in [3.63, 3.8) is 0 Å². The summed E-state index contributed by atoms with van der Waals surface area (Å²) in [4.78, 5) is 25.5. The lowest BCUT2D eigenvalue weighted by atomic mass is 10.2. The van der Waals surface area contributed by atoms with E-state index in [4.69, 9.17) is 4.74 Å². The second-order valence-corrected chi connectivity index (χ2v) is 4.73. The molecule has 0 fully saturated rings. The Hall–Kier alpha value is -1.57. The highest BCUT2D eigenvalue weighted by molar-refractivity contribution is 14.1. The number of aromatic amines is 1. The molecule has 5 nitrogen and oxygen atoms in total. The van der Waals surface area contributed by atoms with Crippen LogP contribution in [-0.2, 0) is 6.54 Å². The molecule has 6 heteroatoms. The van der Waals surface area contributed by atoms with Crippen molar-refractivity contribution in [1.82, 2.24) is 9.55 Å². The Morgan fingerprint density at radius 3 is 2.56 bits per heavy atom. The van der Waals surface area contributed by atoms with Crippen LogP contribution in [0.5, 0.6) is 5.88 Å². The van der Waals surface area contributed by atoms with Gasteiger partial charge >= 0.3 is 5.69 Å². The largest absolute Gasteiger partial charge is 0.481 e. The van der Waals surface area contributed by atoms with Gasteiger partial charge in [-0.1, -0.05) is 30.3 Å². The highest BCUT2D eigenvalue weighted by Gasteiger charge is 2.13. The van der Waals surface area contributed by atoms with E-state index in [2.05, 4.69) is 4.98 Å². The number of nitrogens with one attached hydrogen (secondary N) is 1. The molecule has 2 aromatic rings. The van der Waals surface area contributed by atoms with E-state index in [-0.39, 0.29) is 5.88 Å². The van der Waals surface area contributed by atoms with E-state index >= 15 is 0 Å². The van der Waals surface area contributed by atoms with Crippen LogP contribution in [-0.4, -0.2) is 16.7 Å². The summed E-state index contributed by atoms with van der Waals surface area (Å²) in [5.74, 6) is 0.285. The highest BCUT2D eigenvalue weighted by atomic mass is 127. The Labute approximate surface area is 117 Å². The molecule has 0 saturated heterocycles. The van der Waals surface area contributed by atoms with E-state index in [0.29, 0.717) is 10.1 Å². The maximum Gasteiger partial charge on any atom is 0.331 e. The third kappa shape index (κ3) is 2.47. The molecule has 0 saturated carbocycles. The summed E-state index contributed by atoms with van der Waals surface area (Å²) in [6.45, 7) is 0.357. The van der Waals surface area contributed by atoms with E-state index in [0.717, 1.165) is 5.56 Å². The van der Waals surface area contributed by atoms with Gasteiger partial charge in [-0.25, -0.2) is 4.79 Å². The highest BCUT2D eigenvalue weighted by Crippen LogP contribution is 2.15. The molecule has 18 heavy (non-hydrogen) atoms. The molecule has 2 rings (SSSR count). The number of rotatable bonds is 3. The summed E-state index contributed by atoms with van der Waals surface area (Å²) in [6, 6.07) is 9.50. The predicted octanol–water partition coefficient (Wildman–Crippen LogP) is 1.20. The first kappa shape index (κ1) is 12.9. The lowest BCUT2D eigenvalue weighted by molar-refractivity contribution is 0.362. The average Bonchev–Trinajstić information content (AvgIpc) is 2.37. The summed E-state index contributed by atoms with van der Waals surface area (Å²) in [6.07, 6.45) is 0. The van der Waals surface area contributed by atoms with Crippen molar-refractivity contribution in [2.45, 2.75) is 6.54 Å². The summed E-state index contributed by atoms with van der Waals surface area (Å²) >= 11 is 1.86. The van der Waals surface area contributed by atoms with Gasteiger partial charge in [0.2, 0.25) is 5.88 Å². The molecule has 0 aliphatic heterocycles. The fourth-order valence-corrected chi connectivity index (χ4v) is 2.28. The minimum atomic E-state index is -0.471. The Morgan fingerprint density at radius 2 is 1.94 bits per heavy atom. The quantitative estimate of drug-likeness (QED) is 0.839. The SMILES string of the molecule is COc1c(I)c(=O)[nH]c(=O)n1Cc1ccccc1. The zero-order valence-corrected chi connectivity index (χ0v) is 11.8. The molecular formula is C12H11IN2O3. The Morgan fingerprint density at radius 1 is 1.28 bits per heavy atom. The summed E-state index contributed by atoms with van der Waals surface area (Å²) in [5.41, 5.74) is 0.0589. The number of ether oxygens (including phenoxy) is 1. The zero-order valence-electron chi connectivity index (χ0n) is 9.64. The van der Waals surface area contributed by atoms with Crippen molar-refractivity contribution in [3.8, 4) is 5.88 Å².